The average Bonchev–Trinajstić information content (AvgIpc) is 2.70. The molecule has 0 bridgehead atoms. The number of nitrogens with one attached hydrogen (secondary N) is 1. The second-order valence-electron chi connectivity index (χ2n) is 7.23. The van der Waals surface area contributed by atoms with Crippen LogP contribution in [0.15, 0.2) is 35.4 Å². The molecule has 0 spiro atoms. The molecule has 2 aromatic rings. The number of nitrogens with zero attached hydrogens (tertiary/aromatic N) is 4. The third-order valence-corrected chi connectivity index (χ3v) is 5.15. The van der Waals surface area contributed by atoms with Gasteiger partial charge < -0.3 is 10.2 Å². The van der Waals surface area contributed by atoms with E-state index in [2.05, 4.69) is 10.3 Å². The number of carbonyl (C=O) groups is 2. The van der Waals surface area contributed by atoms with Gasteiger partial charge in [0, 0.05) is 32.2 Å². The normalized spacial score (nSPS) is 16.1. The Hall–Kier alpha value is -2.74. The average molecular weight is 385 g/mol. The number of fused-ring (bicyclic) bond motifs is 1. The summed E-state index contributed by atoms with van der Waals surface area (Å²) in [6.45, 7) is 6.72. The number of hydrogen-bond acceptors (Lipinski definition) is 5. The maximum atomic E-state index is 12.6. The maximum absolute atomic E-state index is 12.6. The predicted molar refractivity (Wildman–Crippen MR) is 107 cm³/mol. The van der Waals surface area contributed by atoms with Crippen molar-refractivity contribution >= 4 is 22.7 Å². The zero-order chi connectivity index (χ0) is 20.1. The van der Waals surface area contributed by atoms with Crippen LogP contribution >= 0.6 is 0 Å². The molecule has 1 aliphatic heterocycles. The van der Waals surface area contributed by atoms with Crippen LogP contribution in [0.1, 0.15) is 20.3 Å². The third-order valence-electron chi connectivity index (χ3n) is 5.15. The molecule has 1 N–H and O–H groups in total. The van der Waals surface area contributed by atoms with Gasteiger partial charge >= 0.3 is 0 Å². The fraction of sp³-hybridized carbons (Fsp3) is 0.500. The number of carbonyl (C=O) groups excluding carboxylic acids is 2. The highest BCUT2D eigenvalue weighted by Crippen LogP contribution is 2.06. The van der Waals surface area contributed by atoms with Crippen molar-refractivity contribution in [1.29, 1.82) is 0 Å². The summed E-state index contributed by atoms with van der Waals surface area (Å²) in [4.78, 5) is 45.2. The van der Waals surface area contributed by atoms with Crippen molar-refractivity contribution in [3.8, 4) is 0 Å². The minimum Gasteiger partial charge on any atom is -0.353 e. The Balaban J connectivity index is 1.54. The van der Waals surface area contributed by atoms with E-state index in [9.17, 15) is 14.4 Å². The molecule has 0 aliphatic carbocycles. The van der Waals surface area contributed by atoms with Crippen LogP contribution in [0.25, 0.3) is 10.9 Å². The van der Waals surface area contributed by atoms with Crippen molar-refractivity contribution < 1.29 is 9.59 Å². The van der Waals surface area contributed by atoms with E-state index >= 15 is 0 Å². The van der Waals surface area contributed by atoms with E-state index in [0.29, 0.717) is 43.6 Å². The lowest BCUT2D eigenvalue weighted by Gasteiger charge is -2.34. The summed E-state index contributed by atoms with van der Waals surface area (Å²) in [7, 11) is 0. The van der Waals surface area contributed by atoms with E-state index in [1.807, 2.05) is 24.8 Å². The largest absolute Gasteiger partial charge is 0.353 e. The molecule has 1 unspecified atom stereocenters. The van der Waals surface area contributed by atoms with Crippen LogP contribution in [0.3, 0.4) is 0 Å². The molecule has 3 rings (SSSR count). The topological polar surface area (TPSA) is 87.5 Å². The van der Waals surface area contributed by atoms with Gasteiger partial charge in [0.1, 0.15) is 6.54 Å². The van der Waals surface area contributed by atoms with E-state index in [0.717, 1.165) is 6.42 Å². The number of piperazine rings is 1. The molecule has 1 atom stereocenters. The van der Waals surface area contributed by atoms with Crippen molar-refractivity contribution in [2.75, 3.05) is 32.7 Å². The van der Waals surface area contributed by atoms with Crippen LogP contribution in [0.5, 0.6) is 0 Å². The highest BCUT2D eigenvalue weighted by Gasteiger charge is 2.23. The lowest BCUT2D eigenvalue weighted by Crippen LogP contribution is -2.52. The summed E-state index contributed by atoms with van der Waals surface area (Å²) in [5, 5.41) is 3.47. The fourth-order valence-electron chi connectivity index (χ4n) is 3.25. The Kier molecular flexibility index (Phi) is 6.41. The Labute approximate surface area is 164 Å². The van der Waals surface area contributed by atoms with Gasteiger partial charge in [-0.05, 0) is 25.5 Å². The van der Waals surface area contributed by atoms with E-state index in [1.165, 1.54) is 10.9 Å². The van der Waals surface area contributed by atoms with Gasteiger partial charge in [0.15, 0.2) is 0 Å². The summed E-state index contributed by atoms with van der Waals surface area (Å²) >= 11 is 0. The van der Waals surface area contributed by atoms with Crippen LogP contribution in [0, 0.1) is 0 Å². The van der Waals surface area contributed by atoms with Crippen LogP contribution in [-0.4, -0.2) is 69.9 Å². The van der Waals surface area contributed by atoms with Gasteiger partial charge in [0.05, 0.1) is 23.8 Å². The van der Waals surface area contributed by atoms with Gasteiger partial charge in [0.2, 0.25) is 11.8 Å². The van der Waals surface area contributed by atoms with E-state index in [4.69, 9.17) is 0 Å². The van der Waals surface area contributed by atoms with Crippen molar-refractivity contribution in [2.45, 2.75) is 32.9 Å². The molecule has 1 aliphatic rings. The number of hydrogen-bond donors (Lipinski definition) is 1. The van der Waals surface area contributed by atoms with Crippen LogP contribution in [0.2, 0.25) is 0 Å². The number of rotatable bonds is 6. The molecular formula is C20H27N5O3. The van der Waals surface area contributed by atoms with Crippen molar-refractivity contribution in [3.63, 3.8) is 0 Å². The molecule has 150 valence electrons. The number of aromatic nitrogens is 2. The molecule has 1 fully saturated rings. The number of amides is 2. The highest BCUT2D eigenvalue weighted by molar-refractivity contribution is 5.79. The maximum Gasteiger partial charge on any atom is 0.261 e. The standard InChI is InChI=1S/C20H27N5O3/c1-3-15(2)22-18(26)12-23-8-10-24(11-9-23)19(27)13-25-14-21-17-7-5-4-6-16(17)20(25)28/h4-7,14-15H,3,8-13H2,1-2H3,(H,22,26). The zero-order valence-corrected chi connectivity index (χ0v) is 16.4. The van der Waals surface area contributed by atoms with Crippen LogP contribution in [-0.2, 0) is 16.1 Å². The molecule has 1 aromatic carbocycles. The highest BCUT2D eigenvalue weighted by atomic mass is 16.2. The molecule has 2 heterocycles. The molecule has 0 radical (unpaired) electrons. The molecule has 1 aromatic heterocycles. The lowest BCUT2D eigenvalue weighted by molar-refractivity contribution is -0.134. The van der Waals surface area contributed by atoms with Gasteiger partial charge in [-0.15, -0.1) is 0 Å². The summed E-state index contributed by atoms with van der Waals surface area (Å²) < 4.78 is 1.36. The predicted octanol–water partition coefficient (Wildman–Crippen LogP) is 0.455. The third kappa shape index (κ3) is 4.75. The van der Waals surface area contributed by atoms with E-state index < -0.39 is 0 Å². The molecule has 1 saturated heterocycles. The molecule has 2 amide bonds. The minimum atomic E-state index is -0.209. The van der Waals surface area contributed by atoms with Crippen molar-refractivity contribution in [3.05, 3.63) is 40.9 Å². The SMILES string of the molecule is CCC(C)NC(=O)CN1CCN(C(=O)Cn2cnc3ccccc3c2=O)CC1. The molecule has 8 heteroatoms. The van der Waals surface area contributed by atoms with Gasteiger partial charge in [-0.25, -0.2) is 4.98 Å². The van der Waals surface area contributed by atoms with Gasteiger partial charge in [-0.2, -0.15) is 0 Å². The summed E-state index contributed by atoms with van der Waals surface area (Å²) in [6.07, 6.45) is 2.33. The summed E-state index contributed by atoms with van der Waals surface area (Å²) in [5.41, 5.74) is 0.416. The smallest absolute Gasteiger partial charge is 0.261 e. The van der Waals surface area contributed by atoms with E-state index in [1.54, 1.807) is 23.1 Å². The molecule has 28 heavy (non-hydrogen) atoms. The second-order valence-corrected chi connectivity index (χ2v) is 7.23. The van der Waals surface area contributed by atoms with Gasteiger partial charge in [-0.1, -0.05) is 19.1 Å². The van der Waals surface area contributed by atoms with Crippen molar-refractivity contribution in [1.82, 2.24) is 24.7 Å². The van der Waals surface area contributed by atoms with Crippen molar-refractivity contribution in [2.24, 2.45) is 0 Å². The first-order chi connectivity index (χ1) is 13.5. The Morgan fingerprint density at radius 1 is 1.14 bits per heavy atom. The first-order valence-corrected chi connectivity index (χ1v) is 9.71. The Morgan fingerprint density at radius 2 is 1.86 bits per heavy atom. The molecule has 0 saturated carbocycles. The van der Waals surface area contributed by atoms with E-state index in [-0.39, 0.29) is 30.0 Å². The lowest BCUT2D eigenvalue weighted by atomic mass is 10.2. The summed E-state index contributed by atoms with van der Waals surface area (Å²) in [5.74, 6) is -0.0918. The molecule has 8 nitrogen and oxygen atoms in total. The second kappa shape index (κ2) is 8.97. The summed E-state index contributed by atoms with van der Waals surface area (Å²) in [6, 6.07) is 7.28. The van der Waals surface area contributed by atoms with Crippen LogP contribution in [0.4, 0.5) is 0 Å². The number of para-hydroxylation sites is 1. The zero-order valence-electron chi connectivity index (χ0n) is 16.4. The molecular weight excluding hydrogens is 358 g/mol. The fourth-order valence-corrected chi connectivity index (χ4v) is 3.25. The first-order valence-electron chi connectivity index (χ1n) is 9.71. The number of benzene rings is 1. The Morgan fingerprint density at radius 3 is 2.57 bits per heavy atom. The van der Waals surface area contributed by atoms with Gasteiger partial charge in [0.25, 0.3) is 5.56 Å². The Bertz CT molecular complexity index is 902. The first kappa shape index (κ1) is 20.0. The minimum absolute atomic E-state index is 0.0166. The van der Waals surface area contributed by atoms with Gasteiger partial charge in [-0.3, -0.25) is 23.9 Å². The quantitative estimate of drug-likeness (QED) is 0.780. The monoisotopic (exact) mass is 385 g/mol. The van der Waals surface area contributed by atoms with Crippen LogP contribution < -0.4 is 10.9 Å².